The largest absolute Gasteiger partial charge is 0.351 e. The molecule has 5 nitrogen and oxygen atoms in total. The number of hydrogen-bond acceptors (Lipinski definition) is 3. The molecule has 0 atom stereocenters. The summed E-state index contributed by atoms with van der Waals surface area (Å²) in [4.78, 5) is 12.3. The number of anilines is 1. The van der Waals surface area contributed by atoms with Gasteiger partial charge in [0.05, 0.1) is 22.0 Å². The van der Waals surface area contributed by atoms with Gasteiger partial charge < -0.3 is 5.32 Å². The number of nitrogens with one attached hydrogen (secondary N) is 1. The number of nitrogens with zero attached hydrogens (tertiary/aromatic N) is 1. The van der Waals surface area contributed by atoms with Gasteiger partial charge in [-0.05, 0) is 44.2 Å². The van der Waals surface area contributed by atoms with E-state index in [9.17, 15) is 13.2 Å². The van der Waals surface area contributed by atoms with Crippen LogP contribution in [0.2, 0.25) is 10.0 Å². The summed E-state index contributed by atoms with van der Waals surface area (Å²) in [6.45, 7) is 10.5. The quantitative estimate of drug-likeness (QED) is 0.631. The molecule has 154 valence electrons. The zero-order chi connectivity index (χ0) is 21.0. The SMILES string of the molecule is CC(C)(C)CC(C)(C)NC(=O)CCCN(c1cccc(Cl)c1Cl)S(C)(=O)=O. The van der Waals surface area contributed by atoms with E-state index in [1.54, 1.807) is 18.2 Å². The minimum Gasteiger partial charge on any atom is -0.351 e. The maximum Gasteiger partial charge on any atom is 0.232 e. The van der Waals surface area contributed by atoms with Gasteiger partial charge in [-0.25, -0.2) is 8.42 Å². The first-order chi connectivity index (χ1) is 12.1. The van der Waals surface area contributed by atoms with Crippen molar-refractivity contribution in [3.63, 3.8) is 0 Å². The third kappa shape index (κ3) is 8.28. The number of benzene rings is 1. The molecular formula is C19H30Cl2N2O3S. The van der Waals surface area contributed by atoms with Crippen LogP contribution in [0.5, 0.6) is 0 Å². The standard InChI is InChI=1S/C19H30Cl2N2O3S/c1-18(2,3)13-19(4,5)22-16(24)11-8-12-23(27(6,25)26)15-10-7-9-14(20)17(15)21/h7,9-10H,8,11-13H2,1-6H3,(H,22,24). The number of sulfonamides is 1. The van der Waals surface area contributed by atoms with Crippen molar-refractivity contribution in [3.8, 4) is 0 Å². The Balaban J connectivity index is 2.76. The van der Waals surface area contributed by atoms with E-state index in [4.69, 9.17) is 23.2 Å². The highest BCUT2D eigenvalue weighted by Gasteiger charge is 2.27. The molecule has 0 saturated heterocycles. The lowest BCUT2D eigenvalue weighted by Gasteiger charge is -2.33. The number of halogens is 2. The van der Waals surface area contributed by atoms with Crippen LogP contribution in [0, 0.1) is 5.41 Å². The number of amides is 1. The Morgan fingerprint density at radius 2 is 1.74 bits per heavy atom. The first kappa shape index (κ1) is 24.1. The summed E-state index contributed by atoms with van der Waals surface area (Å²) in [5.41, 5.74) is 0.0788. The Bertz CT molecular complexity index is 772. The van der Waals surface area contributed by atoms with Gasteiger partial charge in [0.25, 0.3) is 0 Å². The third-order valence-electron chi connectivity index (χ3n) is 3.82. The van der Waals surface area contributed by atoms with E-state index in [-0.39, 0.29) is 39.9 Å². The molecule has 1 aromatic rings. The number of rotatable bonds is 8. The van der Waals surface area contributed by atoms with Crippen LogP contribution in [-0.4, -0.2) is 32.7 Å². The predicted octanol–water partition coefficient (Wildman–Crippen LogP) is 4.87. The van der Waals surface area contributed by atoms with Gasteiger partial charge >= 0.3 is 0 Å². The van der Waals surface area contributed by atoms with E-state index in [1.165, 1.54) is 4.31 Å². The molecule has 0 aliphatic carbocycles. The lowest BCUT2D eigenvalue weighted by atomic mass is 9.82. The number of carbonyl (C=O) groups excluding carboxylic acids is 1. The molecule has 1 N–H and O–H groups in total. The Kier molecular flexibility index (Phi) is 8.03. The smallest absolute Gasteiger partial charge is 0.232 e. The van der Waals surface area contributed by atoms with Crippen molar-refractivity contribution >= 4 is 44.8 Å². The average Bonchev–Trinajstić information content (AvgIpc) is 2.42. The Morgan fingerprint density at radius 3 is 2.26 bits per heavy atom. The normalized spacial score (nSPS) is 12.7. The van der Waals surface area contributed by atoms with E-state index in [0.717, 1.165) is 12.7 Å². The Morgan fingerprint density at radius 1 is 1.15 bits per heavy atom. The van der Waals surface area contributed by atoms with Gasteiger partial charge in [0.2, 0.25) is 15.9 Å². The molecule has 8 heteroatoms. The highest BCUT2D eigenvalue weighted by Crippen LogP contribution is 2.34. The molecule has 1 amide bonds. The van der Waals surface area contributed by atoms with Crippen molar-refractivity contribution in [2.75, 3.05) is 17.1 Å². The van der Waals surface area contributed by atoms with E-state index >= 15 is 0 Å². The van der Waals surface area contributed by atoms with Gasteiger partial charge in [0.1, 0.15) is 0 Å². The first-order valence-electron chi connectivity index (χ1n) is 8.85. The molecular weight excluding hydrogens is 407 g/mol. The molecule has 0 saturated carbocycles. The first-order valence-corrected chi connectivity index (χ1v) is 11.5. The fourth-order valence-corrected chi connectivity index (χ4v) is 4.76. The van der Waals surface area contributed by atoms with Crippen molar-refractivity contribution in [2.24, 2.45) is 5.41 Å². The van der Waals surface area contributed by atoms with Crippen molar-refractivity contribution in [2.45, 2.75) is 59.4 Å². The lowest BCUT2D eigenvalue weighted by molar-refractivity contribution is -0.123. The molecule has 0 fully saturated rings. The summed E-state index contributed by atoms with van der Waals surface area (Å²) in [6, 6.07) is 4.84. The third-order valence-corrected chi connectivity index (χ3v) is 5.80. The van der Waals surface area contributed by atoms with Gasteiger partial charge in [0, 0.05) is 18.5 Å². The van der Waals surface area contributed by atoms with E-state index < -0.39 is 10.0 Å². The Labute approximate surface area is 173 Å². The van der Waals surface area contributed by atoms with Gasteiger partial charge in [0.15, 0.2) is 0 Å². The predicted molar refractivity (Wildman–Crippen MR) is 114 cm³/mol. The van der Waals surface area contributed by atoms with Crippen LogP contribution < -0.4 is 9.62 Å². The second-order valence-corrected chi connectivity index (χ2v) is 11.4. The summed E-state index contributed by atoms with van der Waals surface area (Å²) >= 11 is 12.2. The van der Waals surface area contributed by atoms with Crippen LogP contribution in [0.15, 0.2) is 18.2 Å². The highest BCUT2D eigenvalue weighted by molar-refractivity contribution is 7.92. The Hall–Kier alpha value is -0.980. The minimum atomic E-state index is -3.56. The zero-order valence-electron chi connectivity index (χ0n) is 16.9. The van der Waals surface area contributed by atoms with Crippen molar-refractivity contribution in [1.82, 2.24) is 5.32 Å². The fraction of sp³-hybridized carbons (Fsp3) is 0.632. The van der Waals surface area contributed by atoms with Crippen molar-refractivity contribution < 1.29 is 13.2 Å². The van der Waals surface area contributed by atoms with Crippen LogP contribution in [0.4, 0.5) is 5.69 Å². The van der Waals surface area contributed by atoms with Gasteiger partial charge in [-0.15, -0.1) is 0 Å². The van der Waals surface area contributed by atoms with E-state index in [2.05, 4.69) is 26.1 Å². The lowest BCUT2D eigenvalue weighted by Crippen LogP contribution is -2.46. The summed E-state index contributed by atoms with van der Waals surface area (Å²) in [5, 5.41) is 3.49. The average molecular weight is 437 g/mol. The summed E-state index contributed by atoms with van der Waals surface area (Å²) in [6.07, 6.45) is 2.53. The van der Waals surface area contributed by atoms with Crippen molar-refractivity contribution in [3.05, 3.63) is 28.2 Å². The van der Waals surface area contributed by atoms with Crippen LogP contribution >= 0.6 is 23.2 Å². The van der Waals surface area contributed by atoms with Crippen molar-refractivity contribution in [1.29, 1.82) is 0 Å². The van der Waals surface area contributed by atoms with Crippen LogP contribution in [0.25, 0.3) is 0 Å². The molecule has 0 aromatic heterocycles. The zero-order valence-corrected chi connectivity index (χ0v) is 19.2. The molecule has 27 heavy (non-hydrogen) atoms. The van der Waals surface area contributed by atoms with Crippen LogP contribution in [0.3, 0.4) is 0 Å². The molecule has 0 unspecified atom stereocenters. The van der Waals surface area contributed by atoms with Crippen LogP contribution in [0.1, 0.15) is 53.9 Å². The molecule has 1 rings (SSSR count). The van der Waals surface area contributed by atoms with Gasteiger partial charge in [-0.3, -0.25) is 9.10 Å². The molecule has 0 spiro atoms. The number of carbonyl (C=O) groups is 1. The second-order valence-electron chi connectivity index (χ2n) is 8.68. The van der Waals surface area contributed by atoms with E-state index in [1.807, 2.05) is 13.8 Å². The summed E-state index contributed by atoms with van der Waals surface area (Å²) in [5.74, 6) is -0.102. The molecule has 0 aliphatic heterocycles. The van der Waals surface area contributed by atoms with E-state index in [0.29, 0.717) is 12.1 Å². The molecule has 0 heterocycles. The fourth-order valence-electron chi connectivity index (χ4n) is 3.34. The maximum absolute atomic E-state index is 12.3. The van der Waals surface area contributed by atoms with Crippen LogP contribution in [-0.2, 0) is 14.8 Å². The minimum absolute atomic E-state index is 0.0905. The molecule has 0 bridgehead atoms. The second kappa shape index (κ2) is 9.01. The molecule has 0 radical (unpaired) electrons. The highest BCUT2D eigenvalue weighted by atomic mass is 35.5. The molecule has 1 aromatic carbocycles. The van der Waals surface area contributed by atoms with Gasteiger partial charge in [-0.1, -0.05) is 50.0 Å². The maximum atomic E-state index is 12.3. The van der Waals surface area contributed by atoms with Gasteiger partial charge in [-0.2, -0.15) is 0 Å². The monoisotopic (exact) mass is 436 g/mol. The number of hydrogen-bond donors (Lipinski definition) is 1. The summed E-state index contributed by atoms with van der Waals surface area (Å²) < 4.78 is 25.5. The topological polar surface area (TPSA) is 66.5 Å². The summed E-state index contributed by atoms with van der Waals surface area (Å²) in [7, 11) is -3.56. The molecule has 0 aliphatic rings.